The highest BCUT2D eigenvalue weighted by Gasteiger charge is 2.19. The first-order valence-corrected chi connectivity index (χ1v) is 6.99. The fourth-order valence-electron chi connectivity index (χ4n) is 2.09. The minimum absolute atomic E-state index is 0.0263. The molecule has 0 aliphatic carbocycles. The van der Waals surface area contributed by atoms with Crippen LogP contribution in [0.1, 0.15) is 18.4 Å². The average Bonchev–Trinajstić information content (AvgIpc) is 2.52. The maximum atomic E-state index is 14.3. The van der Waals surface area contributed by atoms with E-state index in [9.17, 15) is 13.6 Å². The summed E-state index contributed by atoms with van der Waals surface area (Å²) in [5.74, 6) is -3.44. The molecule has 0 aliphatic heterocycles. The minimum Gasteiger partial charge on any atom is -0.481 e. The number of oxime groups is 1. The topological polar surface area (TPSA) is 69.9 Å². The van der Waals surface area contributed by atoms with Crippen molar-refractivity contribution in [3.05, 3.63) is 58.6 Å². The number of benzene rings is 2. The molecule has 0 unspecified atom stereocenters. The predicted molar refractivity (Wildman–Crippen MR) is 82.0 cm³/mol. The second kappa shape index (κ2) is 7.19. The van der Waals surface area contributed by atoms with Gasteiger partial charge in [-0.2, -0.15) is 0 Å². The van der Waals surface area contributed by atoms with E-state index in [0.29, 0.717) is 10.6 Å². The first-order valence-electron chi connectivity index (χ1n) is 6.61. The fraction of sp³-hybridized carbons (Fsp3) is 0.125. The standard InChI is InChI=1S/C16H12ClF2NO3/c17-10-3-1-9(2-4-10)11-5-6-12(16(19)15(11)18)13(20-23)7-8-14(21)22/h1-6,23H,7-8H2,(H,21,22). The van der Waals surface area contributed by atoms with Gasteiger partial charge in [0.2, 0.25) is 0 Å². The molecule has 2 aromatic rings. The summed E-state index contributed by atoms with van der Waals surface area (Å²) in [5, 5.41) is 20.9. The van der Waals surface area contributed by atoms with Crippen LogP contribution in [-0.4, -0.2) is 22.0 Å². The van der Waals surface area contributed by atoms with Crippen molar-refractivity contribution in [2.24, 2.45) is 5.16 Å². The summed E-state index contributed by atoms with van der Waals surface area (Å²) < 4.78 is 28.5. The normalized spacial score (nSPS) is 11.5. The molecule has 4 nitrogen and oxygen atoms in total. The van der Waals surface area contributed by atoms with Crippen molar-refractivity contribution in [3.63, 3.8) is 0 Å². The van der Waals surface area contributed by atoms with Crippen molar-refractivity contribution in [3.8, 4) is 11.1 Å². The Morgan fingerprint density at radius 2 is 1.70 bits per heavy atom. The molecule has 0 fully saturated rings. The molecule has 0 aliphatic rings. The van der Waals surface area contributed by atoms with E-state index in [1.54, 1.807) is 24.3 Å². The van der Waals surface area contributed by atoms with Crippen molar-refractivity contribution < 1.29 is 23.9 Å². The van der Waals surface area contributed by atoms with Gasteiger partial charge in [0.05, 0.1) is 12.1 Å². The molecule has 2 N–H and O–H groups in total. The number of nitrogens with zero attached hydrogens (tertiary/aromatic N) is 1. The van der Waals surface area contributed by atoms with Gasteiger partial charge in [-0.15, -0.1) is 0 Å². The first kappa shape index (κ1) is 16.9. The molecule has 2 rings (SSSR count). The van der Waals surface area contributed by atoms with E-state index < -0.39 is 17.6 Å². The van der Waals surface area contributed by atoms with Gasteiger partial charge in [-0.1, -0.05) is 35.0 Å². The zero-order chi connectivity index (χ0) is 17.0. The Kier molecular flexibility index (Phi) is 5.28. The molecule has 0 saturated carbocycles. The molecule has 7 heteroatoms. The van der Waals surface area contributed by atoms with Crippen LogP contribution in [0.15, 0.2) is 41.6 Å². The smallest absolute Gasteiger partial charge is 0.303 e. The Bertz CT molecular complexity index is 761. The van der Waals surface area contributed by atoms with Gasteiger partial charge in [-0.25, -0.2) is 8.78 Å². The number of hydrogen-bond donors (Lipinski definition) is 2. The Labute approximate surface area is 135 Å². The van der Waals surface area contributed by atoms with E-state index in [4.69, 9.17) is 21.9 Å². The Hall–Kier alpha value is -2.47. The number of rotatable bonds is 5. The van der Waals surface area contributed by atoms with Crippen molar-refractivity contribution in [2.75, 3.05) is 0 Å². The third-order valence-corrected chi connectivity index (χ3v) is 3.50. The van der Waals surface area contributed by atoms with E-state index in [2.05, 4.69) is 5.16 Å². The van der Waals surface area contributed by atoms with E-state index in [0.717, 1.165) is 0 Å². The highest BCUT2D eigenvalue weighted by Crippen LogP contribution is 2.28. The second-order valence-corrected chi connectivity index (χ2v) is 5.17. The molecular weight excluding hydrogens is 328 g/mol. The Morgan fingerprint density at radius 3 is 2.26 bits per heavy atom. The number of hydrogen-bond acceptors (Lipinski definition) is 3. The minimum atomic E-state index is -1.20. The summed E-state index contributed by atoms with van der Waals surface area (Å²) in [5.41, 5.74) is -0.0424. The molecular formula is C16H12ClF2NO3. The van der Waals surface area contributed by atoms with E-state index >= 15 is 0 Å². The van der Waals surface area contributed by atoms with Crippen LogP contribution in [0.25, 0.3) is 11.1 Å². The van der Waals surface area contributed by atoms with Gasteiger partial charge in [-0.3, -0.25) is 4.79 Å². The van der Waals surface area contributed by atoms with Crippen molar-refractivity contribution in [2.45, 2.75) is 12.8 Å². The van der Waals surface area contributed by atoms with Gasteiger partial charge in [-0.05, 0) is 23.8 Å². The summed E-state index contributed by atoms with van der Waals surface area (Å²) in [7, 11) is 0. The number of halogens is 3. The molecule has 0 spiro atoms. The second-order valence-electron chi connectivity index (χ2n) is 4.74. The van der Waals surface area contributed by atoms with Gasteiger partial charge in [0.15, 0.2) is 11.6 Å². The largest absolute Gasteiger partial charge is 0.481 e. The van der Waals surface area contributed by atoms with Gasteiger partial charge < -0.3 is 10.3 Å². The van der Waals surface area contributed by atoms with Crippen molar-refractivity contribution in [1.29, 1.82) is 0 Å². The predicted octanol–water partition coefficient (Wildman–Crippen LogP) is 4.33. The molecule has 0 saturated heterocycles. The first-order chi connectivity index (χ1) is 10.9. The zero-order valence-electron chi connectivity index (χ0n) is 11.8. The average molecular weight is 340 g/mol. The molecule has 120 valence electrons. The molecule has 0 amide bonds. The molecule has 0 aromatic heterocycles. The molecule has 0 radical (unpaired) electrons. The van der Waals surface area contributed by atoms with E-state index in [1.165, 1.54) is 12.1 Å². The van der Waals surface area contributed by atoms with Gasteiger partial charge in [0.25, 0.3) is 0 Å². The van der Waals surface area contributed by atoms with E-state index in [1.807, 2.05) is 0 Å². The SMILES string of the molecule is O=C(O)CCC(=NO)c1ccc(-c2ccc(Cl)cc2)c(F)c1F. The molecule has 0 bridgehead atoms. The van der Waals surface area contributed by atoms with Crippen LogP contribution in [0.4, 0.5) is 8.78 Å². The quantitative estimate of drug-likeness (QED) is 0.484. The van der Waals surface area contributed by atoms with Crippen LogP contribution < -0.4 is 0 Å². The van der Waals surface area contributed by atoms with Gasteiger partial charge >= 0.3 is 5.97 Å². The van der Waals surface area contributed by atoms with Gasteiger partial charge in [0, 0.05) is 22.6 Å². The van der Waals surface area contributed by atoms with Crippen LogP contribution in [0.2, 0.25) is 5.02 Å². The zero-order valence-corrected chi connectivity index (χ0v) is 12.5. The number of carboxylic acids is 1. The Balaban J connectivity index is 2.40. The van der Waals surface area contributed by atoms with Crippen molar-refractivity contribution >= 4 is 23.3 Å². The van der Waals surface area contributed by atoms with Crippen LogP contribution in [-0.2, 0) is 4.79 Å². The molecule has 0 heterocycles. The highest BCUT2D eigenvalue weighted by atomic mass is 35.5. The monoisotopic (exact) mass is 339 g/mol. The lowest BCUT2D eigenvalue weighted by Crippen LogP contribution is -2.09. The molecule has 23 heavy (non-hydrogen) atoms. The summed E-state index contributed by atoms with van der Waals surface area (Å²) in [4.78, 5) is 10.6. The van der Waals surface area contributed by atoms with Crippen LogP contribution in [0.3, 0.4) is 0 Å². The lowest BCUT2D eigenvalue weighted by molar-refractivity contribution is -0.136. The summed E-state index contributed by atoms with van der Waals surface area (Å²) in [6.07, 6.45) is -0.581. The van der Waals surface area contributed by atoms with Crippen LogP contribution in [0.5, 0.6) is 0 Å². The lowest BCUT2D eigenvalue weighted by atomic mass is 9.99. The molecule has 2 aromatic carbocycles. The van der Waals surface area contributed by atoms with Crippen LogP contribution >= 0.6 is 11.6 Å². The number of aliphatic carboxylic acids is 1. The maximum absolute atomic E-state index is 14.3. The fourth-order valence-corrected chi connectivity index (χ4v) is 2.21. The van der Waals surface area contributed by atoms with Gasteiger partial charge in [0.1, 0.15) is 0 Å². The van der Waals surface area contributed by atoms with E-state index in [-0.39, 0.29) is 29.7 Å². The third-order valence-electron chi connectivity index (χ3n) is 3.24. The lowest BCUT2D eigenvalue weighted by Gasteiger charge is -2.10. The highest BCUT2D eigenvalue weighted by molar-refractivity contribution is 6.30. The third kappa shape index (κ3) is 3.84. The number of carbonyl (C=O) groups is 1. The molecule has 0 atom stereocenters. The summed E-state index contributed by atoms with van der Waals surface area (Å²) in [6.45, 7) is 0. The summed E-state index contributed by atoms with van der Waals surface area (Å²) >= 11 is 5.76. The number of carboxylic acid groups (broad SMARTS) is 1. The maximum Gasteiger partial charge on any atom is 0.303 e. The van der Waals surface area contributed by atoms with Crippen molar-refractivity contribution in [1.82, 2.24) is 0 Å². The summed E-state index contributed by atoms with van der Waals surface area (Å²) in [6, 6.07) is 8.78. The van der Waals surface area contributed by atoms with Crippen LogP contribution in [0, 0.1) is 11.6 Å². The Morgan fingerprint density at radius 1 is 1.04 bits per heavy atom.